The Hall–Kier alpha value is -1.65. The van der Waals surface area contributed by atoms with Crippen LogP contribution >= 0.6 is 11.6 Å². The average molecular weight is 297 g/mol. The van der Waals surface area contributed by atoms with Crippen molar-refractivity contribution < 1.29 is 18.6 Å². The third kappa shape index (κ3) is 2.37. The van der Waals surface area contributed by atoms with E-state index < -0.39 is 23.8 Å². The molecule has 0 bridgehead atoms. The van der Waals surface area contributed by atoms with Gasteiger partial charge in [-0.05, 0) is 29.8 Å². The van der Waals surface area contributed by atoms with Gasteiger partial charge >= 0.3 is 0 Å². The monoisotopic (exact) mass is 296 g/mol. The van der Waals surface area contributed by atoms with Crippen molar-refractivity contribution in [3.63, 3.8) is 0 Å². The van der Waals surface area contributed by atoms with Crippen molar-refractivity contribution in [3.05, 3.63) is 64.2 Å². The van der Waals surface area contributed by atoms with Crippen LogP contribution in [-0.4, -0.2) is 5.11 Å². The lowest BCUT2D eigenvalue weighted by Gasteiger charge is -2.30. The van der Waals surface area contributed by atoms with Crippen molar-refractivity contribution in [3.8, 4) is 5.75 Å². The first-order valence-electron chi connectivity index (χ1n) is 6.13. The van der Waals surface area contributed by atoms with Gasteiger partial charge in [0.25, 0.3) is 0 Å². The largest absolute Gasteiger partial charge is 0.485 e. The van der Waals surface area contributed by atoms with Crippen LogP contribution in [0.4, 0.5) is 8.78 Å². The molecule has 0 aliphatic carbocycles. The number of aliphatic hydroxyl groups is 1. The number of ether oxygens (including phenoxy) is 1. The van der Waals surface area contributed by atoms with E-state index in [1.807, 2.05) is 0 Å². The van der Waals surface area contributed by atoms with Gasteiger partial charge in [0.2, 0.25) is 0 Å². The summed E-state index contributed by atoms with van der Waals surface area (Å²) >= 11 is 5.64. The van der Waals surface area contributed by atoms with E-state index in [4.69, 9.17) is 16.3 Å². The van der Waals surface area contributed by atoms with Crippen LogP contribution in [0.1, 0.15) is 29.8 Å². The number of aliphatic hydroxyl groups excluding tert-OH is 1. The van der Waals surface area contributed by atoms with Gasteiger partial charge in [-0.15, -0.1) is 0 Å². The lowest BCUT2D eigenvalue weighted by atomic mass is 9.95. The predicted octanol–water partition coefficient (Wildman–Crippen LogP) is 4.18. The quantitative estimate of drug-likeness (QED) is 0.855. The van der Waals surface area contributed by atoms with Gasteiger partial charge in [-0.2, -0.15) is 0 Å². The maximum Gasteiger partial charge on any atom is 0.142 e. The number of fused-ring (bicyclic) bond motifs is 1. The standard InChI is InChI=1S/C15H11ClF2O2/c16-11-4-1-8(5-12(11)18)14-7-13(19)10-3-2-9(17)6-15(10)20-14/h1-6,13-14,19H,7H2/t13-,14?/m1/s1. The number of benzene rings is 2. The highest BCUT2D eigenvalue weighted by Gasteiger charge is 2.28. The normalized spacial score (nSPS) is 21.2. The molecule has 0 radical (unpaired) electrons. The molecule has 1 heterocycles. The number of halogens is 3. The van der Waals surface area contributed by atoms with Crippen molar-refractivity contribution in [2.45, 2.75) is 18.6 Å². The van der Waals surface area contributed by atoms with E-state index in [-0.39, 0.29) is 17.2 Å². The molecule has 2 aromatic rings. The van der Waals surface area contributed by atoms with Gasteiger partial charge in [0.1, 0.15) is 23.5 Å². The van der Waals surface area contributed by atoms with Crippen LogP contribution < -0.4 is 4.74 Å². The summed E-state index contributed by atoms with van der Waals surface area (Å²) in [6.07, 6.45) is -1.03. The summed E-state index contributed by atoms with van der Waals surface area (Å²) in [5.41, 5.74) is 1.10. The van der Waals surface area contributed by atoms with E-state index in [1.165, 1.54) is 30.3 Å². The van der Waals surface area contributed by atoms with E-state index in [0.717, 1.165) is 0 Å². The first-order chi connectivity index (χ1) is 9.54. The van der Waals surface area contributed by atoms with Crippen LogP contribution in [0.25, 0.3) is 0 Å². The molecule has 0 spiro atoms. The van der Waals surface area contributed by atoms with Gasteiger partial charge in [-0.3, -0.25) is 0 Å². The topological polar surface area (TPSA) is 29.5 Å². The van der Waals surface area contributed by atoms with Gasteiger partial charge in [-0.1, -0.05) is 17.7 Å². The molecule has 20 heavy (non-hydrogen) atoms. The maximum atomic E-state index is 13.5. The van der Waals surface area contributed by atoms with Crippen LogP contribution in [0, 0.1) is 11.6 Å². The molecule has 0 fully saturated rings. The van der Waals surface area contributed by atoms with Gasteiger partial charge in [-0.25, -0.2) is 8.78 Å². The fourth-order valence-electron chi connectivity index (χ4n) is 2.33. The molecule has 1 aliphatic heterocycles. The van der Waals surface area contributed by atoms with Crippen LogP contribution in [0.5, 0.6) is 5.75 Å². The second-order valence-corrected chi connectivity index (χ2v) is 5.12. The highest BCUT2D eigenvalue weighted by atomic mass is 35.5. The molecule has 2 aromatic carbocycles. The Kier molecular flexibility index (Phi) is 3.36. The van der Waals surface area contributed by atoms with E-state index in [1.54, 1.807) is 6.07 Å². The van der Waals surface area contributed by atoms with Crippen LogP contribution in [0.3, 0.4) is 0 Å². The average Bonchev–Trinajstić information content (AvgIpc) is 2.41. The fourth-order valence-corrected chi connectivity index (χ4v) is 2.45. The lowest BCUT2D eigenvalue weighted by molar-refractivity contribution is 0.0652. The Morgan fingerprint density at radius 3 is 2.70 bits per heavy atom. The van der Waals surface area contributed by atoms with Crippen molar-refractivity contribution in [2.24, 2.45) is 0 Å². The number of hydrogen-bond acceptors (Lipinski definition) is 2. The van der Waals surface area contributed by atoms with Crippen molar-refractivity contribution in [2.75, 3.05) is 0 Å². The van der Waals surface area contributed by atoms with Crippen molar-refractivity contribution in [1.82, 2.24) is 0 Å². The highest BCUT2D eigenvalue weighted by Crippen LogP contribution is 2.41. The highest BCUT2D eigenvalue weighted by molar-refractivity contribution is 6.30. The Labute approximate surface area is 119 Å². The Balaban J connectivity index is 1.96. The second-order valence-electron chi connectivity index (χ2n) is 4.71. The van der Waals surface area contributed by atoms with Crippen LogP contribution in [0.15, 0.2) is 36.4 Å². The first-order valence-corrected chi connectivity index (χ1v) is 6.51. The molecule has 0 saturated heterocycles. The fraction of sp³-hybridized carbons (Fsp3) is 0.200. The van der Waals surface area contributed by atoms with E-state index >= 15 is 0 Å². The minimum Gasteiger partial charge on any atom is -0.485 e. The van der Waals surface area contributed by atoms with Crippen molar-refractivity contribution in [1.29, 1.82) is 0 Å². The summed E-state index contributed by atoms with van der Waals surface area (Å²) < 4.78 is 32.4. The first kappa shape index (κ1) is 13.3. The maximum absolute atomic E-state index is 13.5. The molecular formula is C15H11ClF2O2. The van der Waals surface area contributed by atoms with Crippen LogP contribution in [-0.2, 0) is 0 Å². The van der Waals surface area contributed by atoms with E-state index in [0.29, 0.717) is 11.1 Å². The smallest absolute Gasteiger partial charge is 0.142 e. The molecule has 1 N–H and O–H groups in total. The van der Waals surface area contributed by atoms with Gasteiger partial charge in [0, 0.05) is 18.1 Å². The van der Waals surface area contributed by atoms with Crippen molar-refractivity contribution >= 4 is 11.6 Å². The zero-order valence-corrected chi connectivity index (χ0v) is 11.1. The molecular weight excluding hydrogens is 286 g/mol. The summed E-state index contributed by atoms with van der Waals surface area (Å²) in [6, 6.07) is 8.32. The molecule has 1 unspecified atom stereocenters. The molecule has 0 saturated carbocycles. The van der Waals surface area contributed by atoms with E-state index in [2.05, 4.69) is 0 Å². The summed E-state index contributed by atoms with van der Waals surface area (Å²) in [6.45, 7) is 0. The minimum atomic E-state index is -0.775. The van der Waals surface area contributed by atoms with Gasteiger partial charge < -0.3 is 9.84 Å². The van der Waals surface area contributed by atoms with Crippen LogP contribution in [0.2, 0.25) is 5.02 Å². The molecule has 1 aliphatic rings. The summed E-state index contributed by atoms with van der Waals surface area (Å²) in [5, 5.41) is 10.1. The third-order valence-electron chi connectivity index (χ3n) is 3.36. The third-order valence-corrected chi connectivity index (χ3v) is 3.66. The SMILES string of the molecule is O[C@@H]1CC(c2ccc(Cl)c(F)c2)Oc2cc(F)ccc21. The predicted molar refractivity (Wildman–Crippen MR) is 70.8 cm³/mol. The van der Waals surface area contributed by atoms with Gasteiger partial charge in [0.05, 0.1) is 11.1 Å². The molecule has 0 aromatic heterocycles. The summed E-state index contributed by atoms with van der Waals surface area (Å²) in [5.74, 6) is -0.713. The lowest BCUT2D eigenvalue weighted by Crippen LogP contribution is -2.19. The zero-order valence-electron chi connectivity index (χ0n) is 10.3. The molecule has 0 amide bonds. The number of hydrogen-bond donors (Lipinski definition) is 1. The minimum absolute atomic E-state index is 0.0246. The van der Waals surface area contributed by atoms with E-state index in [9.17, 15) is 13.9 Å². The Morgan fingerprint density at radius 2 is 1.95 bits per heavy atom. The second kappa shape index (κ2) is 5.04. The summed E-state index contributed by atoms with van der Waals surface area (Å²) in [4.78, 5) is 0. The summed E-state index contributed by atoms with van der Waals surface area (Å²) in [7, 11) is 0. The zero-order chi connectivity index (χ0) is 14.3. The Morgan fingerprint density at radius 1 is 1.15 bits per heavy atom. The molecule has 2 nitrogen and oxygen atoms in total. The molecule has 3 rings (SSSR count). The van der Waals surface area contributed by atoms with Gasteiger partial charge in [0.15, 0.2) is 0 Å². The number of rotatable bonds is 1. The molecule has 104 valence electrons. The molecule has 2 atom stereocenters. The molecule has 5 heteroatoms. The Bertz CT molecular complexity index is 660.